The molecular weight excluding hydrogens is 398 g/mol. The van der Waals surface area contributed by atoms with E-state index in [4.69, 9.17) is 4.74 Å². The Hall–Kier alpha value is -1.19. The standard InChI is InChI=1S/C28H45NOS/c1-8-20-30-26-16-12-11-15-25(26)27(22(4)9-2)31-24(10-3)21-29-18-13-14-23(17-19-29)28(5,6)7/h10-12,15-16,23H,8-9,13-14,17-21H2,1-7H3/b24-10-,27-22?. The molecule has 0 N–H and O–H groups in total. The summed E-state index contributed by atoms with van der Waals surface area (Å²) in [6.45, 7) is 20.3. The first-order valence-corrected chi connectivity index (χ1v) is 13.1. The van der Waals surface area contributed by atoms with Gasteiger partial charge in [0.25, 0.3) is 0 Å². The minimum absolute atomic E-state index is 0.421. The largest absolute Gasteiger partial charge is 0.493 e. The molecule has 2 rings (SSSR count). The van der Waals surface area contributed by atoms with Crippen LogP contribution >= 0.6 is 11.8 Å². The zero-order valence-electron chi connectivity index (χ0n) is 21.1. The van der Waals surface area contributed by atoms with E-state index in [1.54, 1.807) is 0 Å². The van der Waals surface area contributed by atoms with Crippen LogP contribution in [0.3, 0.4) is 0 Å². The van der Waals surface area contributed by atoms with Crippen molar-refractivity contribution >= 4 is 16.7 Å². The molecule has 0 aromatic heterocycles. The fourth-order valence-corrected chi connectivity index (χ4v) is 5.46. The minimum atomic E-state index is 0.421. The summed E-state index contributed by atoms with van der Waals surface area (Å²) >= 11 is 1.95. The van der Waals surface area contributed by atoms with Gasteiger partial charge in [-0.15, -0.1) is 0 Å². The normalized spacial score (nSPS) is 19.7. The lowest BCUT2D eigenvalue weighted by atomic mass is 9.77. The van der Waals surface area contributed by atoms with Crippen LogP contribution in [0.15, 0.2) is 40.8 Å². The number of rotatable bonds is 9. The molecule has 31 heavy (non-hydrogen) atoms. The molecule has 3 heteroatoms. The molecule has 1 unspecified atom stereocenters. The van der Waals surface area contributed by atoms with Gasteiger partial charge in [0.15, 0.2) is 0 Å². The van der Waals surface area contributed by atoms with Crippen LogP contribution in [0.2, 0.25) is 0 Å². The summed E-state index contributed by atoms with van der Waals surface area (Å²) in [5, 5.41) is 0. The lowest BCUT2D eigenvalue weighted by Crippen LogP contribution is -2.27. The number of allylic oxidation sites excluding steroid dienone is 2. The summed E-state index contributed by atoms with van der Waals surface area (Å²) in [7, 11) is 0. The maximum absolute atomic E-state index is 6.11. The van der Waals surface area contributed by atoms with Crippen molar-refractivity contribution in [2.24, 2.45) is 11.3 Å². The topological polar surface area (TPSA) is 12.5 Å². The molecule has 1 aromatic carbocycles. The second-order valence-electron chi connectivity index (χ2n) is 9.93. The molecule has 1 aliphatic heterocycles. The molecule has 0 amide bonds. The monoisotopic (exact) mass is 443 g/mol. The number of ether oxygens (including phenoxy) is 1. The van der Waals surface area contributed by atoms with Crippen molar-refractivity contribution in [1.82, 2.24) is 4.90 Å². The van der Waals surface area contributed by atoms with Crippen molar-refractivity contribution in [3.8, 4) is 5.75 Å². The Bertz CT molecular complexity index is 744. The first kappa shape index (κ1) is 26.1. The van der Waals surface area contributed by atoms with E-state index in [-0.39, 0.29) is 0 Å². The molecule has 0 radical (unpaired) electrons. The van der Waals surface area contributed by atoms with Crippen molar-refractivity contribution in [1.29, 1.82) is 0 Å². The van der Waals surface area contributed by atoms with Gasteiger partial charge in [0.1, 0.15) is 5.75 Å². The van der Waals surface area contributed by atoms with E-state index in [0.29, 0.717) is 5.41 Å². The highest BCUT2D eigenvalue weighted by Gasteiger charge is 2.27. The number of hydrogen-bond donors (Lipinski definition) is 0. The Labute approximate surface area is 196 Å². The van der Waals surface area contributed by atoms with Crippen molar-refractivity contribution in [3.05, 3.63) is 46.4 Å². The molecule has 1 saturated heterocycles. The number of nitrogens with zero attached hydrogens (tertiary/aromatic N) is 1. The summed E-state index contributed by atoms with van der Waals surface area (Å²) in [4.78, 5) is 5.49. The first-order valence-electron chi connectivity index (χ1n) is 12.3. The average Bonchev–Trinajstić information content (AvgIpc) is 3.00. The number of hydrogen-bond acceptors (Lipinski definition) is 3. The Balaban J connectivity index is 2.16. The van der Waals surface area contributed by atoms with E-state index in [2.05, 4.69) is 83.7 Å². The van der Waals surface area contributed by atoms with Gasteiger partial charge in [0.05, 0.1) is 6.61 Å². The lowest BCUT2D eigenvalue weighted by molar-refractivity contribution is 0.211. The van der Waals surface area contributed by atoms with Gasteiger partial charge in [-0.3, -0.25) is 4.90 Å². The highest BCUT2D eigenvalue weighted by atomic mass is 32.2. The van der Waals surface area contributed by atoms with Crippen LogP contribution in [0.4, 0.5) is 0 Å². The van der Waals surface area contributed by atoms with Gasteiger partial charge in [0, 0.05) is 17.0 Å². The molecule has 1 heterocycles. The SMILES string of the molecule is C/C=C(/CN1CCCC(C(C)(C)C)CC1)SC(=C(C)CC)c1ccccc1OCCC. The molecule has 0 bridgehead atoms. The average molecular weight is 444 g/mol. The van der Waals surface area contributed by atoms with Crippen LogP contribution < -0.4 is 4.74 Å². The van der Waals surface area contributed by atoms with Crippen LogP contribution in [0, 0.1) is 11.3 Å². The van der Waals surface area contributed by atoms with E-state index >= 15 is 0 Å². The second-order valence-corrected chi connectivity index (χ2v) is 11.1. The molecule has 174 valence electrons. The minimum Gasteiger partial charge on any atom is -0.493 e. The van der Waals surface area contributed by atoms with Gasteiger partial charge in [-0.1, -0.05) is 76.2 Å². The van der Waals surface area contributed by atoms with E-state index in [0.717, 1.165) is 37.7 Å². The fourth-order valence-electron chi connectivity index (χ4n) is 4.24. The predicted molar refractivity (Wildman–Crippen MR) is 140 cm³/mol. The van der Waals surface area contributed by atoms with E-state index in [9.17, 15) is 0 Å². The Kier molecular flexibility index (Phi) is 10.7. The van der Waals surface area contributed by atoms with Crippen LogP contribution in [0.5, 0.6) is 5.75 Å². The quantitative estimate of drug-likeness (QED) is 0.380. The number of likely N-dealkylation sites (tertiary alicyclic amines) is 1. The lowest BCUT2D eigenvalue weighted by Gasteiger charge is -2.30. The number of benzene rings is 1. The third-order valence-corrected chi connectivity index (χ3v) is 7.89. The molecule has 1 fully saturated rings. The maximum Gasteiger partial charge on any atom is 0.127 e. The first-order chi connectivity index (χ1) is 14.8. The zero-order valence-corrected chi connectivity index (χ0v) is 21.9. The fraction of sp³-hybridized carbons (Fsp3) is 0.643. The van der Waals surface area contributed by atoms with Gasteiger partial charge in [-0.25, -0.2) is 0 Å². The maximum atomic E-state index is 6.11. The third-order valence-electron chi connectivity index (χ3n) is 6.49. The van der Waals surface area contributed by atoms with Crippen molar-refractivity contribution in [2.75, 3.05) is 26.2 Å². The van der Waals surface area contributed by atoms with Gasteiger partial charge in [-0.2, -0.15) is 0 Å². The molecule has 0 saturated carbocycles. The molecular formula is C28H45NOS. The third kappa shape index (κ3) is 8.02. The van der Waals surface area contributed by atoms with Gasteiger partial charge in [0.2, 0.25) is 0 Å². The van der Waals surface area contributed by atoms with Gasteiger partial charge < -0.3 is 4.74 Å². The van der Waals surface area contributed by atoms with Crippen molar-refractivity contribution in [2.45, 2.75) is 80.6 Å². The summed E-state index contributed by atoms with van der Waals surface area (Å²) in [5.41, 5.74) is 3.09. The molecule has 0 spiro atoms. The highest BCUT2D eigenvalue weighted by Crippen LogP contribution is 2.42. The summed E-state index contributed by atoms with van der Waals surface area (Å²) < 4.78 is 6.11. The van der Waals surface area contributed by atoms with Crippen LogP contribution in [-0.2, 0) is 0 Å². The van der Waals surface area contributed by atoms with E-state index in [1.165, 1.54) is 53.3 Å². The smallest absolute Gasteiger partial charge is 0.127 e. The molecule has 1 aliphatic rings. The van der Waals surface area contributed by atoms with E-state index in [1.807, 2.05) is 11.8 Å². The van der Waals surface area contributed by atoms with Gasteiger partial charge in [-0.05, 0) is 81.3 Å². The van der Waals surface area contributed by atoms with Crippen LogP contribution in [0.25, 0.3) is 4.91 Å². The summed E-state index contributed by atoms with van der Waals surface area (Å²) in [5.74, 6) is 1.84. The van der Waals surface area contributed by atoms with Crippen molar-refractivity contribution in [3.63, 3.8) is 0 Å². The van der Waals surface area contributed by atoms with Crippen LogP contribution in [0.1, 0.15) is 86.1 Å². The van der Waals surface area contributed by atoms with Gasteiger partial charge >= 0.3 is 0 Å². The molecule has 1 atom stereocenters. The zero-order chi connectivity index (χ0) is 22.9. The van der Waals surface area contributed by atoms with Crippen LogP contribution in [-0.4, -0.2) is 31.1 Å². The number of thioether (sulfide) groups is 1. The van der Waals surface area contributed by atoms with Crippen molar-refractivity contribution < 1.29 is 4.74 Å². The molecule has 1 aromatic rings. The van der Waals surface area contributed by atoms with E-state index < -0.39 is 0 Å². The number of para-hydroxylation sites is 1. The Morgan fingerprint density at radius 3 is 2.55 bits per heavy atom. The summed E-state index contributed by atoms with van der Waals surface area (Å²) in [6, 6.07) is 8.55. The Morgan fingerprint density at radius 2 is 1.90 bits per heavy atom. The predicted octanol–water partition coefficient (Wildman–Crippen LogP) is 8.40. The molecule has 2 nitrogen and oxygen atoms in total. The Morgan fingerprint density at radius 1 is 1.16 bits per heavy atom. The summed E-state index contributed by atoms with van der Waals surface area (Å²) in [6.07, 6.45) is 8.38. The molecule has 0 aliphatic carbocycles. The highest BCUT2D eigenvalue weighted by molar-refractivity contribution is 8.11. The second kappa shape index (κ2) is 12.7.